The number of aromatic nitrogens is 2. The number of nitrogens with zero attached hydrogens (tertiary/aromatic N) is 3. The molecular weight excluding hydrogens is 485 g/mol. The van der Waals surface area contributed by atoms with Gasteiger partial charge in [-0.15, -0.1) is 0 Å². The van der Waals surface area contributed by atoms with Crippen molar-refractivity contribution >= 4 is 34.9 Å². The maximum absolute atomic E-state index is 13.3. The summed E-state index contributed by atoms with van der Waals surface area (Å²) in [5, 5.41) is 19.9. The summed E-state index contributed by atoms with van der Waals surface area (Å²) in [5.74, 6) is -3.17. The number of carbonyl (C=O) groups excluding carboxylic acids is 2. The Bertz CT molecular complexity index is 1140. The summed E-state index contributed by atoms with van der Waals surface area (Å²) >= 11 is 5.90. The molecule has 4 rings (SSSR count). The van der Waals surface area contributed by atoms with Gasteiger partial charge in [-0.3, -0.25) is 14.3 Å². The van der Waals surface area contributed by atoms with Gasteiger partial charge in [0.05, 0.1) is 18.0 Å². The summed E-state index contributed by atoms with van der Waals surface area (Å²) in [4.78, 5) is 24.6. The van der Waals surface area contributed by atoms with Crippen LogP contribution in [0.5, 0.6) is 0 Å². The Kier molecular flexibility index (Phi) is 6.94. The largest absolute Gasteiger partial charge is 0.408 e. The van der Waals surface area contributed by atoms with E-state index >= 15 is 0 Å². The van der Waals surface area contributed by atoms with E-state index in [0.29, 0.717) is 30.0 Å². The number of nitriles is 1. The van der Waals surface area contributed by atoms with Crippen molar-refractivity contribution in [3.8, 4) is 6.07 Å². The van der Waals surface area contributed by atoms with Crippen molar-refractivity contribution in [3.05, 3.63) is 41.0 Å². The molecule has 35 heavy (non-hydrogen) atoms. The predicted molar refractivity (Wildman–Crippen MR) is 122 cm³/mol. The first kappa shape index (κ1) is 24.9. The minimum absolute atomic E-state index is 0.0912. The summed E-state index contributed by atoms with van der Waals surface area (Å²) in [6.45, 7) is 0. The lowest BCUT2D eigenvalue weighted by Crippen LogP contribution is -2.49. The van der Waals surface area contributed by atoms with Crippen LogP contribution in [0.3, 0.4) is 0 Å². The van der Waals surface area contributed by atoms with Gasteiger partial charge < -0.3 is 16.4 Å². The Labute approximate surface area is 204 Å². The molecule has 0 aliphatic heterocycles. The summed E-state index contributed by atoms with van der Waals surface area (Å²) in [5.41, 5.74) is 6.25. The van der Waals surface area contributed by atoms with E-state index < -0.39 is 47.8 Å². The molecule has 1 heterocycles. The second kappa shape index (κ2) is 9.77. The van der Waals surface area contributed by atoms with Gasteiger partial charge in [-0.05, 0) is 62.3 Å². The number of rotatable bonds is 7. The van der Waals surface area contributed by atoms with Crippen LogP contribution in [0.25, 0.3) is 0 Å². The molecule has 186 valence electrons. The number of nitrogens with one attached hydrogen (secondary N) is 2. The molecule has 2 aromatic rings. The van der Waals surface area contributed by atoms with Crippen LogP contribution in [0, 0.1) is 29.1 Å². The second-order valence-corrected chi connectivity index (χ2v) is 9.48. The molecule has 0 radical (unpaired) electrons. The average Bonchev–Trinajstić information content (AvgIpc) is 3.56. The third-order valence-corrected chi connectivity index (χ3v) is 6.79. The topological polar surface area (TPSA) is 126 Å². The molecule has 8 nitrogen and oxygen atoms in total. The third kappa shape index (κ3) is 5.70. The van der Waals surface area contributed by atoms with Crippen LogP contribution in [0.2, 0.25) is 5.02 Å². The number of carbonyl (C=O) groups is 2. The first-order valence-electron chi connectivity index (χ1n) is 11.2. The minimum atomic E-state index is -4.50. The molecule has 2 amide bonds. The molecule has 1 aromatic heterocycles. The van der Waals surface area contributed by atoms with Crippen molar-refractivity contribution in [2.45, 2.75) is 50.4 Å². The zero-order chi connectivity index (χ0) is 25.3. The van der Waals surface area contributed by atoms with E-state index in [2.05, 4.69) is 21.8 Å². The van der Waals surface area contributed by atoms with Gasteiger partial charge in [0.1, 0.15) is 11.6 Å². The van der Waals surface area contributed by atoms with Crippen molar-refractivity contribution in [2.24, 2.45) is 23.5 Å². The van der Waals surface area contributed by atoms with Gasteiger partial charge in [-0.2, -0.15) is 23.5 Å². The standard InChI is InChI=1S/C23H24ClF3N6O2/c24-15-4-6-16(7-5-15)30-21-17(20(29)34)11-33(32-21)18-8-3-13(9-14(18)10-28)22(35)31-19(12-1-2-12)23(25,26)27/h4-7,11-14,18-19H,1-3,8-9H2,(H2,29,34)(H,30,32)(H,31,35)/t13-,14+,18+,19-/m0/s1. The Morgan fingerprint density at radius 3 is 2.46 bits per heavy atom. The van der Waals surface area contributed by atoms with E-state index in [1.54, 1.807) is 24.3 Å². The van der Waals surface area contributed by atoms with Crippen LogP contribution in [0.15, 0.2) is 30.5 Å². The van der Waals surface area contributed by atoms with Crippen molar-refractivity contribution in [3.63, 3.8) is 0 Å². The van der Waals surface area contributed by atoms with Gasteiger partial charge in [0.15, 0.2) is 5.82 Å². The normalized spacial score (nSPS) is 23.2. The highest BCUT2D eigenvalue weighted by Crippen LogP contribution is 2.42. The molecule has 2 aliphatic rings. The van der Waals surface area contributed by atoms with Gasteiger partial charge in [-0.25, -0.2) is 0 Å². The lowest BCUT2D eigenvalue weighted by atomic mass is 9.78. The van der Waals surface area contributed by atoms with Crippen LogP contribution >= 0.6 is 11.6 Å². The molecule has 1 aromatic carbocycles. The Hall–Kier alpha value is -3.26. The first-order chi connectivity index (χ1) is 16.6. The van der Waals surface area contributed by atoms with Gasteiger partial charge in [0.2, 0.25) is 5.91 Å². The third-order valence-electron chi connectivity index (χ3n) is 6.54. The van der Waals surface area contributed by atoms with Crippen LogP contribution in [-0.2, 0) is 4.79 Å². The summed E-state index contributed by atoms with van der Waals surface area (Å²) in [6.07, 6.45) is -1.47. The monoisotopic (exact) mass is 508 g/mol. The maximum atomic E-state index is 13.3. The highest BCUT2D eigenvalue weighted by molar-refractivity contribution is 6.30. The first-order valence-corrected chi connectivity index (χ1v) is 11.6. The molecule has 0 bridgehead atoms. The van der Waals surface area contributed by atoms with Crippen molar-refractivity contribution in [2.75, 3.05) is 5.32 Å². The van der Waals surface area contributed by atoms with Gasteiger partial charge in [0, 0.05) is 22.8 Å². The summed E-state index contributed by atoms with van der Waals surface area (Å²) < 4.78 is 41.4. The van der Waals surface area contributed by atoms with Crippen LogP contribution in [0.4, 0.5) is 24.7 Å². The molecule has 0 spiro atoms. The zero-order valence-corrected chi connectivity index (χ0v) is 19.3. The fraction of sp³-hybridized carbons (Fsp3) is 0.478. The van der Waals surface area contributed by atoms with Crippen LogP contribution < -0.4 is 16.4 Å². The molecule has 12 heteroatoms. The van der Waals surface area contributed by atoms with Crippen molar-refractivity contribution in [1.29, 1.82) is 5.26 Å². The number of amides is 2. The van der Waals surface area contributed by atoms with Gasteiger partial charge >= 0.3 is 6.18 Å². The smallest absolute Gasteiger partial charge is 0.365 e. The molecular formula is C23H24ClF3N6O2. The summed E-state index contributed by atoms with van der Waals surface area (Å²) in [7, 11) is 0. The number of halogens is 4. The number of hydrogen-bond donors (Lipinski definition) is 3. The van der Waals surface area contributed by atoms with Gasteiger partial charge in [-0.1, -0.05) is 11.6 Å². The minimum Gasteiger partial charge on any atom is -0.365 e. The number of anilines is 2. The lowest BCUT2D eigenvalue weighted by molar-refractivity contribution is -0.167. The van der Waals surface area contributed by atoms with Crippen molar-refractivity contribution < 1.29 is 22.8 Å². The average molecular weight is 509 g/mol. The second-order valence-electron chi connectivity index (χ2n) is 9.05. The molecule has 2 fully saturated rings. The predicted octanol–water partition coefficient (Wildman–Crippen LogP) is 4.32. The number of nitrogens with two attached hydrogens (primary N) is 1. The fourth-order valence-electron chi connectivity index (χ4n) is 4.52. The zero-order valence-electron chi connectivity index (χ0n) is 18.6. The van der Waals surface area contributed by atoms with Crippen LogP contribution in [0.1, 0.15) is 48.5 Å². The quantitative estimate of drug-likeness (QED) is 0.513. The fourth-order valence-corrected chi connectivity index (χ4v) is 4.65. The molecule has 4 N–H and O–H groups in total. The number of hydrogen-bond acceptors (Lipinski definition) is 5. The molecule has 0 saturated heterocycles. The Morgan fingerprint density at radius 2 is 1.89 bits per heavy atom. The maximum Gasteiger partial charge on any atom is 0.408 e. The number of alkyl halides is 3. The van der Waals surface area contributed by atoms with E-state index in [-0.39, 0.29) is 24.2 Å². The molecule has 2 aliphatic carbocycles. The molecule has 2 saturated carbocycles. The number of benzene rings is 1. The van der Waals surface area contributed by atoms with Crippen LogP contribution in [-0.4, -0.2) is 33.8 Å². The van der Waals surface area contributed by atoms with E-state index in [1.807, 2.05) is 0 Å². The van der Waals surface area contributed by atoms with E-state index in [9.17, 15) is 28.0 Å². The lowest BCUT2D eigenvalue weighted by Gasteiger charge is -2.33. The Morgan fingerprint density at radius 1 is 1.20 bits per heavy atom. The molecule has 0 unspecified atom stereocenters. The van der Waals surface area contributed by atoms with E-state index in [0.717, 1.165) is 0 Å². The molecule has 4 atom stereocenters. The SMILES string of the molecule is N#C[C@H]1C[C@@H](C(=O)N[C@@H](C2CC2)C(F)(F)F)CC[C@H]1n1cc(C(N)=O)c(Nc2ccc(Cl)cc2)n1. The van der Waals surface area contributed by atoms with Crippen molar-refractivity contribution in [1.82, 2.24) is 15.1 Å². The van der Waals surface area contributed by atoms with E-state index in [4.69, 9.17) is 17.3 Å². The summed E-state index contributed by atoms with van der Waals surface area (Å²) in [6, 6.07) is 6.56. The highest BCUT2D eigenvalue weighted by Gasteiger charge is 2.50. The Balaban J connectivity index is 1.48. The highest BCUT2D eigenvalue weighted by atomic mass is 35.5. The number of primary amides is 1. The van der Waals surface area contributed by atoms with Gasteiger partial charge in [0.25, 0.3) is 5.91 Å². The van der Waals surface area contributed by atoms with E-state index in [1.165, 1.54) is 10.9 Å².